The average Bonchev–Trinajstić information content (AvgIpc) is 2.70. The molecule has 0 unspecified atom stereocenters. The lowest BCUT2D eigenvalue weighted by Gasteiger charge is -2.10. The van der Waals surface area contributed by atoms with Gasteiger partial charge in [0.2, 0.25) is 0 Å². The molecule has 0 aliphatic heterocycles. The number of amides is 1. The van der Waals surface area contributed by atoms with E-state index in [0.29, 0.717) is 22.8 Å². The standard InChI is InChI=1S/C21H15BrN2O2S/c22-15-5-9-17(10-6-15)26-18-11-7-16(8-12-18)24-21(25)19-3-1-2-4-20(19)27-14-13-23/h1-12H,14H2,(H,24,25). The first-order valence-electron chi connectivity index (χ1n) is 8.09. The van der Waals surface area contributed by atoms with Gasteiger partial charge in [0.25, 0.3) is 5.91 Å². The highest BCUT2D eigenvalue weighted by molar-refractivity contribution is 9.10. The van der Waals surface area contributed by atoms with E-state index in [0.717, 1.165) is 15.1 Å². The van der Waals surface area contributed by atoms with Crippen LogP contribution in [0.15, 0.2) is 82.2 Å². The van der Waals surface area contributed by atoms with Crippen LogP contribution >= 0.6 is 27.7 Å². The lowest BCUT2D eigenvalue weighted by molar-refractivity contribution is 0.102. The summed E-state index contributed by atoms with van der Waals surface area (Å²) in [6.07, 6.45) is 0. The van der Waals surface area contributed by atoms with Gasteiger partial charge in [-0.05, 0) is 60.7 Å². The molecule has 0 bridgehead atoms. The lowest BCUT2D eigenvalue weighted by atomic mass is 10.2. The number of hydrogen-bond acceptors (Lipinski definition) is 4. The number of hydrogen-bond donors (Lipinski definition) is 1. The second-order valence-electron chi connectivity index (χ2n) is 5.48. The Morgan fingerprint density at radius 3 is 2.30 bits per heavy atom. The minimum absolute atomic E-state index is 0.211. The Labute approximate surface area is 170 Å². The summed E-state index contributed by atoms with van der Waals surface area (Å²) in [5.74, 6) is 1.50. The van der Waals surface area contributed by atoms with Crippen molar-refractivity contribution in [3.63, 3.8) is 0 Å². The van der Waals surface area contributed by atoms with Gasteiger partial charge in [-0.2, -0.15) is 5.26 Å². The topological polar surface area (TPSA) is 62.1 Å². The van der Waals surface area contributed by atoms with Crippen LogP contribution in [0.2, 0.25) is 0 Å². The molecule has 0 saturated carbocycles. The van der Waals surface area contributed by atoms with Crippen LogP contribution in [0.4, 0.5) is 5.69 Å². The van der Waals surface area contributed by atoms with E-state index in [1.807, 2.05) is 36.4 Å². The van der Waals surface area contributed by atoms with Gasteiger partial charge in [-0.15, -0.1) is 11.8 Å². The monoisotopic (exact) mass is 438 g/mol. The SMILES string of the molecule is N#CCSc1ccccc1C(=O)Nc1ccc(Oc2ccc(Br)cc2)cc1. The van der Waals surface area contributed by atoms with Crippen molar-refractivity contribution in [3.8, 4) is 17.6 Å². The van der Waals surface area contributed by atoms with Crippen LogP contribution in [0.5, 0.6) is 11.5 Å². The maximum atomic E-state index is 12.6. The first-order chi connectivity index (χ1) is 13.2. The molecule has 0 heterocycles. The van der Waals surface area contributed by atoms with Crippen molar-refractivity contribution in [1.82, 2.24) is 0 Å². The molecule has 0 aromatic heterocycles. The predicted molar refractivity (Wildman–Crippen MR) is 111 cm³/mol. The Hall–Kier alpha value is -2.75. The smallest absolute Gasteiger partial charge is 0.256 e. The molecule has 6 heteroatoms. The number of anilines is 1. The molecule has 3 rings (SSSR count). The predicted octanol–water partition coefficient (Wildman–Crippen LogP) is 6.11. The number of carbonyl (C=O) groups is 1. The number of rotatable bonds is 6. The maximum absolute atomic E-state index is 12.6. The van der Waals surface area contributed by atoms with E-state index >= 15 is 0 Å². The highest BCUT2D eigenvalue weighted by Crippen LogP contribution is 2.26. The van der Waals surface area contributed by atoms with E-state index in [4.69, 9.17) is 10.00 Å². The lowest BCUT2D eigenvalue weighted by Crippen LogP contribution is -2.12. The summed E-state index contributed by atoms with van der Waals surface area (Å²) >= 11 is 4.73. The van der Waals surface area contributed by atoms with E-state index < -0.39 is 0 Å². The van der Waals surface area contributed by atoms with Crippen LogP contribution in [0, 0.1) is 11.3 Å². The molecule has 27 heavy (non-hydrogen) atoms. The fourth-order valence-electron chi connectivity index (χ4n) is 2.33. The molecule has 0 aliphatic carbocycles. The van der Waals surface area contributed by atoms with Crippen LogP contribution in [-0.2, 0) is 0 Å². The number of nitriles is 1. The summed E-state index contributed by atoms with van der Waals surface area (Å²) in [6, 6.07) is 24.1. The number of thioether (sulfide) groups is 1. The minimum Gasteiger partial charge on any atom is -0.457 e. The molecule has 1 amide bonds. The largest absolute Gasteiger partial charge is 0.457 e. The van der Waals surface area contributed by atoms with Gasteiger partial charge in [0.15, 0.2) is 0 Å². The van der Waals surface area contributed by atoms with Crippen molar-refractivity contribution in [2.75, 3.05) is 11.1 Å². The highest BCUT2D eigenvalue weighted by Gasteiger charge is 2.11. The maximum Gasteiger partial charge on any atom is 0.256 e. The van der Waals surface area contributed by atoms with Gasteiger partial charge in [0, 0.05) is 15.1 Å². The van der Waals surface area contributed by atoms with E-state index in [1.165, 1.54) is 11.8 Å². The first kappa shape index (κ1) is 19.0. The molecule has 0 aliphatic rings. The number of carbonyl (C=O) groups excluding carboxylic acids is 1. The van der Waals surface area contributed by atoms with Crippen LogP contribution in [0.25, 0.3) is 0 Å². The molecular weight excluding hydrogens is 424 g/mol. The van der Waals surface area contributed by atoms with Gasteiger partial charge in [-0.1, -0.05) is 28.1 Å². The van der Waals surface area contributed by atoms with Crippen LogP contribution in [-0.4, -0.2) is 11.7 Å². The molecular formula is C21H15BrN2O2S. The van der Waals surface area contributed by atoms with Crippen molar-refractivity contribution in [1.29, 1.82) is 5.26 Å². The zero-order chi connectivity index (χ0) is 19.1. The Balaban J connectivity index is 1.67. The fraction of sp³-hybridized carbons (Fsp3) is 0.0476. The van der Waals surface area contributed by atoms with Gasteiger partial charge < -0.3 is 10.1 Å². The van der Waals surface area contributed by atoms with E-state index in [-0.39, 0.29) is 5.91 Å². The van der Waals surface area contributed by atoms with Crippen molar-refractivity contribution < 1.29 is 9.53 Å². The van der Waals surface area contributed by atoms with E-state index in [1.54, 1.807) is 36.4 Å². The summed E-state index contributed by atoms with van der Waals surface area (Å²) in [5.41, 5.74) is 1.22. The summed E-state index contributed by atoms with van der Waals surface area (Å²) in [5, 5.41) is 11.6. The van der Waals surface area contributed by atoms with Crippen molar-refractivity contribution in [2.24, 2.45) is 0 Å². The molecule has 4 nitrogen and oxygen atoms in total. The van der Waals surface area contributed by atoms with E-state index in [2.05, 4.69) is 27.3 Å². The fourth-order valence-corrected chi connectivity index (χ4v) is 3.31. The van der Waals surface area contributed by atoms with Gasteiger partial charge in [-0.3, -0.25) is 4.79 Å². The zero-order valence-electron chi connectivity index (χ0n) is 14.2. The van der Waals surface area contributed by atoms with Gasteiger partial charge >= 0.3 is 0 Å². The Bertz CT molecular complexity index is 967. The third kappa shape index (κ3) is 5.36. The number of benzene rings is 3. The quantitative estimate of drug-likeness (QED) is 0.471. The number of nitrogens with zero attached hydrogens (tertiary/aromatic N) is 1. The summed E-state index contributed by atoms with van der Waals surface area (Å²) in [6.45, 7) is 0. The van der Waals surface area contributed by atoms with Crippen LogP contribution in [0.1, 0.15) is 10.4 Å². The molecule has 0 radical (unpaired) electrons. The molecule has 0 fully saturated rings. The molecule has 0 atom stereocenters. The Kier molecular flexibility index (Phi) is 6.53. The van der Waals surface area contributed by atoms with Crippen molar-refractivity contribution >= 4 is 39.3 Å². The molecule has 3 aromatic rings. The molecule has 0 spiro atoms. The molecule has 3 aromatic carbocycles. The zero-order valence-corrected chi connectivity index (χ0v) is 16.6. The van der Waals surface area contributed by atoms with Crippen LogP contribution < -0.4 is 10.1 Å². The molecule has 0 saturated heterocycles. The second kappa shape index (κ2) is 9.26. The van der Waals surface area contributed by atoms with Gasteiger partial charge in [-0.25, -0.2) is 0 Å². The van der Waals surface area contributed by atoms with E-state index in [9.17, 15) is 4.79 Å². The van der Waals surface area contributed by atoms with Gasteiger partial charge in [0.05, 0.1) is 17.4 Å². The first-order valence-corrected chi connectivity index (χ1v) is 9.87. The Morgan fingerprint density at radius 1 is 1.00 bits per heavy atom. The summed E-state index contributed by atoms with van der Waals surface area (Å²) in [7, 11) is 0. The summed E-state index contributed by atoms with van der Waals surface area (Å²) in [4.78, 5) is 13.3. The average molecular weight is 439 g/mol. The van der Waals surface area contributed by atoms with Crippen LogP contribution in [0.3, 0.4) is 0 Å². The third-order valence-electron chi connectivity index (χ3n) is 3.59. The van der Waals surface area contributed by atoms with Crippen molar-refractivity contribution in [3.05, 3.63) is 82.8 Å². The molecule has 134 valence electrons. The number of ether oxygens (including phenoxy) is 1. The highest BCUT2D eigenvalue weighted by atomic mass is 79.9. The minimum atomic E-state index is -0.211. The van der Waals surface area contributed by atoms with Crippen molar-refractivity contribution in [2.45, 2.75) is 4.90 Å². The van der Waals surface area contributed by atoms with Gasteiger partial charge in [0.1, 0.15) is 11.5 Å². The normalized spacial score (nSPS) is 10.1. The summed E-state index contributed by atoms with van der Waals surface area (Å²) < 4.78 is 6.76. The Morgan fingerprint density at radius 2 is 1.63 bits per heavy atom. The number of halogens is 1. The molecule has 1 N–H and O–H groups in total. The second-order valence-corrected chi connectivity index (χ2v) is 7.41. The number of nitrogens with one attached hydrogen (secondary N) is 1. The third-order valence-corrected chi connectivity index (χ3v) is 5.05.